The number of amides is 1. The molecule has 2 heterocycles. The van der Waals surface area contributed by atoms with Gasteiger partial charge in [0.05, 0.1) is 9.82 Å². The minimum atomic E-state index is -3.86. The predicted octanol–water partition coefficient (Wildman–Crippen LogP) is 2.66. The van der Waals surface area contributed by atoms with Crippen molar-refractivity contribution in [3.05, 3.63) is 33.3 Å². The van der Waals surface area contributed by atoms with Crippen LogP contribution in [-0.2, 0) is 14.8 Å². The molecule has 1 aromatic carbocycles. The van der Waals surface area contributed by atoms with E-state index in [0.717, 1.165) is 38.4 Å². The van der Waals surface area contributed by atoms with Crippen LogP contribution >= 0.6 is 11.6 Å². The fourth-order valence-corrected chi connectivity index (χ4v) is 5.33. The predicted molar refractivity (Wildman–Crippen MR) is 100 cm³/mol. The second-order valence-electron chi connectivity index (χ2n) is 6.93. The molecule has 8 nitrogen and oxygen atoms in total. The SMILES string of the molecule is O=C(C1CCN(S(=O)(=O)c2ccc(Cl)c([N+](=O)[O-])c2)CC1)N1CCCCC1. The summed E-state index contributed by atoms with van der Waals surface area (Å²) in [7, 11) is -3.86. The maximum atomic E-state index is 12.8. The van der Waals surface area contributed by atoms with Crippen LogP contribution in [-0.4, -0.2) is 54.6 Å². The first-order chi connectivity index (χ1) is 12.8. The van der Waals surface area contributed by atoms with Crippen molar-refractivity contribution in [2.24, 2.45) is 5.92 Å². The molecular formula is C17H22ClN3O5S. The third kappa shape index (κ3) is 4.25. The van der Waals surface area contributed by atoms with Gasteiger partial charge in [-0.25, -0.2) is 8.42 Å². The molecule has 2 aliphatic rings. The first-order valence-corrected chi connectivity index (χ1v) is 10.9. The quantitative estimate of drug-likeness (QED) is 0.555. The van der Waals surface area contributed by atoms with Gasteiger partial charge in [0.2, 0.25) is 15.9 Å². The van der Waals surface area contributed by atoms with Crippen LogP contribution in [0.3, 0.4) is 0 Å². The zero-order valence-corrected chi connectivity index (χ0v) is 16.4. The monoisotopic (exact) mass is 415 g/mol. The Balaban J connectivity index is 1.69. The molecule has 0 radical (unpaired) electrons. The number of hydrogen-bond donors (Lipinski definition) is 0. The van der Waals surface area contributed by atoms with E-state index in [9.17, 15) is 23.3 Å². The number of nitrogens with zero attached hydrogens (tertiary/aromatic N) is 3. The first-order valence-electron chi connectivity index (χ1n) is 9.03. The lowest BCUT2D eigenvalue weighted by atomic mass is 9.95. The lowest BCUT2D eigenvalue weighted by molar-refractivity contribution is -0.384. The summed E-state index contributed by atoms with van der Waals surface area (Å²) in [6.07, 6.45) is 4.12. The lowest BCUT2D eigenvalue weighted by Crippen LogP contribution is -2.45. The highest BCUT2D eigenvalue weighted by atomic mass is 35.5. The van der Waals surface area contributed by atoms with E-state index in [1.807, 2.05) is 4.90 Å². The van der Waals surface area contributed by atoms with E-state index < -0.39 is 20.6 Å². The van der Waals surface area contributed by atoms with Gasteiger partial charge in [-0.05, 0) is 44.2 Å². The van der Waals surface area contributed by atoms with E-state index in [1.165, 1.54) is 16.4 Å². The van der Waals surface area contributed by atoms with Crippen LogP contribution in [0.25, 0.3) is 0 Å². The highest BCUT2D eigenvalue weighted by Crippen LogP contribution is 2.30. The number of carbonyl (C=O) groups excluding carboxylic acids is 1. The van der Waals surface area contributed by atoms with Crippen molar-refractivity contribution < 1.29 is 18.1 Å². The van der Waals surface area contributed by atoms with Crippen LogP contribution in [0.5, 0.6) is 0 Å². The van der Waals surface area contributed by atoms with E-state index in [4.69, 9.17) is 11.6 Å². The van der Waals surface area contributed by atoms with E-state index in [2.05, 4.69) is 0 Å². The van der Waals surface area contributed by atoms with Crippen LogP contribution in [0.2, 0.25) is 5.02 Å². The zero-order chi connectivity index (χ0) is 19.6. The molecule has 1 aromatic rings. The molecule has 0 N–H and O–H groups in total. The van der Waals surface area contributed by atoms with Crippen LogP contribution in [0, 0.1) is 16.0 Å². The number of piperidine rings is 2. The van der Waals surface area contributed by atoms with Crippen molar-refractivity contribution >= 4 is 33.2 Å². The molecule has 0 aliphatic carbocycles. The maximum absolute atomic E-state index is 12.8. The van der Waals surface area contributed by atoms with Crippen LogP contribution < -0.4 is 0 Å². The number of rotatable bonds is 4. The molecule has 1 amide bonds. The molecular weight excluding hydrogens is 394 g/mol. The third-order valence-corrected chi connectivity index (χ3v) is 7.44. The number of halogens is 1. The van der Waals surface area contributed by atoms with Gasteiger partial charge in [0, 0.05) is 38.2 Å². The molecule has 0 unspecified atom stereocenters. The van der Waals surface area contributed by atoms with E-state index in [0.29, 0.717) is 12.8 Å². The Hall–Kier alpha value is -1.71. The minimum absolute atomic E-state index is 0.107. The highest BCUT2D eigenvalue weighted by Gasteiger charge is 2.34. The van der Waals surface area contributed by atoms with Gasteiger partial charge >= 0.3 is 0 Å². The third-order valence-electron chi connectivity index (χ3n) is 5.22. The molecule has 3 rings (SSSR count). The fourth-order valence-electron chi connectivity index (χ4n) is 3.66. The van der Waals surface area contributed by atoms with Crippen molar-refractivity contribution in [2.75, 3.05) is 26.2 Å². The number of carbonyl (C=O) groups is 1. The molecule has 27 heavy (non-hydrogen) atoms. The Kier molecular flexibility index (Phi) is 6.02. The fraction of sp³-hybridized carbons (Fsp3) is 0.588. The number of benzene rings is 1. The molecule has 0 aromatic heterocycles. The summed E-state index contributed by atoms with van der Waals surface area (Å²) in [6.45, 7) is 2.02. The van der Waals surface area contributed by atoms with E-state index in [-0.39, 0.29) is 34.8 Å². The summed E-state index contributed by atoms with van der Waals surface area (Å²) in [4.78, 5) is 24.7. The Bertz CT molecular complexity index is 831. The summed E-state index contributed by atoms with van der Waals surface area (Å²) >= 11 is 5.76. The van der Waals surface area contributed by atoms with Crippen molar-refractivity contribution in [1.29, 1.82) is 0 Å². The number of hydrogen-bond acceptors (Lipinski definition) is 5. The van der Waals surface area contributed by atoms with Gasteiger partial charge < -0.3 is 4.90 Å². The van der Waals surface area contributed by atoms with Crippen molar-refractivity contribution in [1.82, 2.24) is 9.21 Å². The number of nitro benzene ring substituents is 1. The number of nitro groups is 1. The van der Waals surface area contributed by atoms with Gasteiger partial charge in [-0.15, -0.1) is 0 Å². The van der Waals surface area contributed by atoms with Crippen molar-refractivity contribution in [3.63, 3.8) is 0 Å². The minimum Gasteiger partial charge on any atom is -0.342 e. The van der Waals surface area contributed by atoms with Crippen LogP contribution in [0.15, 0.2) is 23.1 Å². The van der Waals surface area contributed by atoms with Gasteiger partial charge in [-0.1, -0.05) is 11.6 Å². The topological polar surface area (TPSA) is 101 Å². The van der Waals surface area contributed by atoms with Crippen LogP contribution in [0.4, 0.5) is 5.69 Å². The maximum Gasteiger partial charge on any atom is 0.289 e. The van der Waals surface area contributed by atoms with Crippen LogP contribution in [0.1, 0.15) is 32.1 Å². The van der Waals surface area contributed by atoms with Gasteiger partial charge in [-0.2, -0.15) is 4.31 Å². The summed E-state index contributed by atoms with van der Waals surface area (Å²) in [5.74, 6) is -0.0389. The second kappa shape index (κ2) is 8.12. The average Bonchev–Trinajstić information content (AvgIpc) is 2.68. The normalized spacial score (nSPS) is 19.8. The van der Waals surface area contributed by atoms with Crippen molar-refractivity contribution in [3.8, 4) is 0 Å². The lowest BCUT2D eigenvalue weighted by Gasteiger charge is -2.35. The Labute approximate surface area is 163 Å². The van der Waals surface area contributed by atoms with E-state index >= 15 is 0 Å². The number of likely N-dealkylation sites (tertiary alicyclic amines) is 1. The summed E-state index contributed by atoms with van der Waals surface area (Å²) in [6, 6.07) is 3.48. The smallest absolute Gasteiger partial charge is 0.289 e. The largest absolute Gasteiger partial charge is 0.342 e. The molecule has 2 saturated heterocycles. The standard InChI is InChI=1S/C17H22ClN3O5S/c18-15-5-4-14(12-16(15)21(23)24)27(25,26)20-10-6-13(7-11-20)17(22)19-8-2-1-3-9-19/h4-5,12-13H,1-3,6-11H2. The van der Waals surface area contributed by atoms with Gasteiger partial charge in [0.15, 0.2) is 0 Å². The molecule has 2 aliphatic heterocycles. The summed E-state index contributed by atoms with van der Waals surface area (Å²) < 4.78 is 26.9. The zero-order valence-electron chi connectivity index (χ0n) is 14.8. The molecule has 0 spiro atoms. The molecule has 0 atom stereocenters. The Morgan fingerprint density at radius 1 is 1.11 bits per heavy atom. The second-order valence-corrected chi connectivity index (χ2v) is 9.28. The first kappa shape index (κ1) is 20.0. The molecule has 10 heteroatoms. The molecule has 2 fully saturated rings. The van der Waals surface area contributed by atoms with E-state index in [1.54, 1.807) is 0 Å². The summed E-state index contributed by atoms with van der Waals surface area (Å²) in [5, 5.41) is 10.9. The molecule has 0 bridgehead atoms. The van der Waals surface area contributed by atoms with Gasteiger partial charge in [0.25, 0.3) is 5.69 Å². The van der Waals surface area contributed by atoms with Gasteiger partial charge in [-0.3, -0.25) is 14.9 Å². The van der Waals surface area contributed by atoms with Crippen molar-refractivity contribution in [2.45, 2.75) is 37.0 Å². The Morgan fingerprint density at radius 2 is 1.74 bits per heavy atom. The Morgan fingerprint density at radius 3 is 2.33 bits per heavy atom. The molecule has 0 saturated carbocycles. The highest BCUT2D eigenvalue weighted by molar-refractivity contribution is 7.89. The summed E-state index contributed by atoms with van der Waals surface area (Å²) in [5.41, 5.74) is -0.437. The molecule has 148 valence electrons. The average molecular weight is 416 g/mol. The van der Waals surface area contributed by atoms with Gasteiger partial charge in [0.1, 0.15) is 5.02 Å². The number of sulfonamides is 1.